The summed E-state index contributed by atoms with van der Waals surface area (Å²) in [6.45, 7) is 11.8. The highest BCUT2D eigenvalue weighted by Gasteiger charge is 2.21. The first kappa shape index (κ1) is 17.3. The van der Waals surface area contributed by atoms with Crippen LogP contribution in [-0.4, -0.2) is 42.8 Å². The second-order valence-electron chi connectivity index (χ2n) is 6.80. The predicted octanol–water partition coefficient (Wildman–Crippen LogP) is 3.41. The number of hydrogen-bond acceptors (Lipinski definition) is 3. The van der Waals surface area contributed by atoms with E-state index in [1.54, 1.807) is 0 Å². The molecule has 0 spiro atoms. The van der Waals surface area contributed by atoms with E-state index in [9.17, 15) is 4.79 Å². The van der Waals surface area contributed by atoms with E-state index in [1.165, 1.54) is 19.3 Å². The Hall–Kier alpha value is -0.770. The highest BCUT2D eigenvalue weighted by Crippen LogP contribution is 2.18. The van der Waals surface area contributed by atoms with E-state index >= 15 is 0 Å². The van der Waals surface area contributed by atoms with E-state index in [2.05, 4.69) is 12.2 Å². The largest absolute Gasteiger partial charge is 0.444 e. The van der Waals surface area contributed by atoms with Gasteiger partial charge in [-0.15, -0.1) is 0 Å². The Morgan fingerprint density at radius 3 is 2.45 bits per heavy atom. The van der Waals surface area contributed by atoms with Gasteiger partial charge in [-0.25, -0.2) is 4.79 Å². The quantitative estimate of drug-likeness (QED) is 0.812. The van der Waals surface area contributed by atoms with Gasteiger partial charge in [0, 0.05) is 13.1 Å². The second-order valence-corrected chi connectivity index (χ2v) is 6.80. The van der Waals surface area contributed by atoms with E-state index in [0.29, 0.717) is 0 Å². The Bertz CT molecular complexity index is 281. The van der Waals surface area contributed by atoms with Crippen LogP contribution in [0.4, 0.5) is 4.79 Å². The van der Waals surface area contributed by atoms with E-state index in [4.69, 9.17) is 4.74 Å². The van der Waals surface area contributed by atoms with E-state index in [0.717, 1.165) is 44.9 Å². The maximum Gasteiger partial charge on any atom is 0.410 e. The molecule has 1 rings (SSSR count). The highest BCUT2D eigenvalue weighted by atomic mass is 16.6. The Morgan fingerprint density at radius 2 is 1.90 bits per heavy atom. The fraction of sp³-hybridized carbons (Fsp3) is 0.938. The second kappa shape index (κ2) is 8.50. The Kier molecular flexibility index (Phi) is 7.35. The summed E-state index contributed by atoms with van der Waals surface area (Å²) in [5.74, 6) is 0.832. The average molecular weight is 284 g/mol. The van der Waals surface area contributed by atoms with Crippen LogP contribution in [0.25, 0.3) is 0 Å². The van der Waals surface area contributed by atoms with Gasteiger partial charge < -0.3 is 15.0 Å². The normalized spacial score (nSPS) is 17.0. The third-order valence-electron chi connectivity index (χ3n) is 3.64. The molecule has 0 aromatic rings. The molecule has 20 heavy (non-hydrogen) atoms. The molecule has 1 aliphatic heterocycles. The Labute approximate surface area is 124 Å². The Balaban J connectivity index is 2.32. The fourth-order valence-corrected chi connectivity index (χ4v) is 2.63. The molecule has 1 fully saturated rings. The monoisotopic (exact) mass is 284 g/mol. The van der Waals surface area contributed by atoms with Crippen LogP contribution >= 0.6 is 0 Å². The van der Waals surface area contributed by atoms with Crippen molar-refractivity contribution in [2.75, 3.05) is 26.2 Å². The van der Waals surface area contributed by atoms with Gasteiger partial charge in [-0.1, -0.05) is 6.92 Å². The molecule has 4 heteroatoms. The molecule has 0 aromatic heterocycles. The van der Waals surface area contributed by atoms with Crippen molar-refractivity contribution in [1.82, 2.24) is 10.2 Å². The fourth-order valence-electron chi connectivity index (χ4n) is 2.63. The van der Waals surface area contributed by atoms with Gasteiger partial charge in [0.2, 0.25) is 0 Å². The first-order valence-corrected chi connectivity index (χ1v) is 8.11. The summed E-state index contributed by atoms with van der Waals surface area (Å²) in [5, 5.41) is 3.39. The summed E-state index contributed by atoms with van der Waals surface area (Å²) in [6, 6.07) is 0. The van der Waals surface area contributed by atoms with Crippen LogP contribution in [0.5, 0.6) is 0 Å². The smallest absolute Gasteiger partial charge is 0.410 e. The van der Waals surface area contributed by atoms with Crippen LogP contribution < -0.4 is 5.32 Å². The summed E-state index contributed by atoms with van der Waals surface area (Å²) < 4.78 is 5.47. The molecule has 1 N–H and O–H groups in total. The zero-order valence-corrected chi connectivity index (χ0v) is 13.7. The van der Waals surface area contributed by atoms with Crippen LogP contribution in [0.15, 0.2) is 0 Å². The summed E-state index contributed by atoms with van der Waals surface area (Å²) in [7, 11) is 0. The molecular weight excluding hydrogens is 252 g/mol. The number of hydrogen-bond donors (Lipinski definition) is 1. The number of carbonyl (C=O) groups excluding carboxylic acids is 1. The molecule has 1 heterocycles. The summed E-state index contributed by atoms with van der Waals surface area (Å²) in [6.07, 6.45) is 5.69. The molecule has 0 aromatic carbocycles. The van der Waals surface area contributed by atoms with Crippen LogP contribution in [0.2, 0.25) is 0 Å². The number of rotatable bonds is 6. The van der Waals surface area contributed by atoms with Gasteiger partial charge in [-0.05, 0) is 71.9 Å². The van der Waals surface area contributed by atoms with Crippen molar-refractivity contribution in [3.05, 3.63) is 0 Å². The number of nitrogens with one attached hydrogen (secondary N) is 1. The molecule has 4 nitrogen and oxygen atoms in total. The minimum Gasteiger partial charge on any atom is -0.444 e. The van der Waals surface area contributed by atoms with E-state index < -0.39 is 5.60 Å². The standard InChI is InChI=1S/C16H32N2O2/c1-5-12-18(15(19)20-16(2,3)4)13-6-7-14-8-10-17-11-9-14/h14,17H,5-13H2,1-4H3. The zero-order valence-electron chi connectivity index (χ0n) is 13.7. The molecule has 0 bridgehead atoms. The SMILES string of the molecule is CCCN(CCCC1CCNCC1)C(=O)OC(C)(C)C. The van der Waals surface area contributed by atoms with Gasteiger partial charge in [-0.2, -0.15) is 0 Å². The number of amides is 1. The van der Waals surface area contributed by atoms with Crippen LogP contribution in [0.1, 0.15) is 59.8 Å². The van der Waals surface area contributed by atoms with Crippen molar-refractivity contribution in [2.45, 2.75) is 65.4 Å². The molecule has 0 radical (unpaired) electrons. The number of ether oxygens (including phenoxy) is 1. The molecule has 0 atom stereocenters. The maximum atomic E-state index is 12.1. The lowest BCUT2D eigenvalue weighted by Crippen LogP contribution is -2.38. The van der Waals surface area contributed by atoms with Gasteiger partial charge in [0.1, 0.15) is 5.60 Å². The molecular formula is C16H32N2O2. The van der Waals surface area contributed by atoms with Crippen LogP contribution in [-0.2, 0) is 4.74 Å². The summed E-state index contributed by atoms with van der Waals surface area (Å²) in [5.41, 5.74) is -0.405. The minimum absolute atomic E-state index is 0.162. The van der Waals surface area contributed by atoms with Gasteiger partial charge in [0.25, 0.3) is 0 Å². The van der Waals surface area contributed by atoms with Crippen molar-refractivity contribution in [3.63, 3.8) is 0 Å². The Morgan fingerprint density at radius 1 is 1.25 bits per heavy atom. The van der Waals surface area contributed by atoms with Gasteiger partial charge >= 0.3 is 6.09 Å². The molecule has 1 aliphatic rings. The lowest BCUT2D eigenvalue weighted by molar-refractivity contribution is 0.0244. The van der Waals surface area contributed by atoms with Crippen LogP contribution in [0, 0.1) is 5.92 Å². The lowest BCUT2D eigenvalue weighted by Gasteiger charge is -2.28. The lowest BCUT2D eigenvalue weighted by atomic mass is 9.93. The molecule has 0 unspecified atom stereocenters. The number of piperidine rings is 1. The topological polar surface area (TPSA) is 41.6 Å². The number of nitrogens with zero attached hydrogens (tertiary/aromatic N) is 1. The maximum absolute atomic E-state index is 12.1. The molecule has 0 aliphatic carbocycles. The average Bonchev–Trinajstić information content (AvgIpc) is 2.37. The zero-order chi connectivity index (χ0) is 15.0. The predicted molar refractivity (Wildman–Crippen MR) is 82.9 cm³/mol. The number of carbonyl (C=O) groups is 1. The third-order valence-corrected chi connectivity index (χ3v) is 3.64. The summed E-state index contributed by atoms with van der Waals surface area (Å²) in [4.78, 5) is 14.0. The van der Waals surface area contributed by atoms with E-state index in [-0.39, 0.29) is 6.09 Å². The van der Waals surface area contributed by atoms with Gasteiger partial charge in [0.05, 0.1) is 0 Å². The first-order chi connectivity index (χ1) is 9.42. The molecule has 1 saturated heterocycles. The molecule has 0 saturated carbocycles. The van der Waals surface area contributed by atoms with Crippen molar-refractivity contribution in [3.8, 4) is 0 Å². The van der Waals surface area contributed by atoms with Crippen molar-refractivity contribution >= 4 is 6.09 Å². The van der Waals surface area contributed by atoms with Crippen molar-refractivity contribution < 1.29 is 9.53 Å². The van der Waals surface area contributed by atoms with Gasteiger partial charge in [0.15, 0.2) is 0 Å². The highest BCUT2D eigenvalue weighted by molar-refractivity contribution is 5.68. The third kappa shape index (κ3) is 7.13. The van der Waals surface area contributed by atoms with Crippen LogP contribution in [0.3, 0.4) is 0 Å². The van der Waals surface area contributed by atoms with Crippen molar-refractivity contribution in [2.24, 2.45) is 5.92 Å². The van der Waals surface area contributed by atoms with Gasteiger partial charge in [-0.3, -0.25) is 0 Å². The molecule has 1 amide bonds. The first-order valence-electron chi connectivity index (χ1n) is 8.11. The minimum atomic E-state index is -0.405. The summed E-state index contributed by atoms with van der Waals surface area (Å²) >= 11 is 0. The van der Waals surface area contributed by atoms with E-state index in [1.807, 2.05) is 25.7 Å². The molecule has 118 valence electrons. The van der Waals surface area contributed by atoms with Crippen molar-refractivity contribution in [1.29, 1.82) is 0 Å².